The van der Waals surface area contributed by atoms with Crippen LogP contribution in [-0.4, -0.2) is 24.6 Å². The van der Waals surface area contributed by atoms with Crippen LogP contribution >= 0.6 is 11.8 Å². The molecule has 94 valence electrons. The normalized spacial score (nSPS) is 19.2. The Balaban J connectivity index is 2.14. The number of rotatable bonds is 8. The molecule has 0 spiro atoms. The standard InChI is InChI=1S/C13H24O2S/c1-4-5-11(2)9-16-10-13(6-7-13)8-12(14)15-3/h11H,4-10H2,1-3H3. The Morgan fingerprint density at radius 1 is 1.50 bits per heavy atom. The first-order chi connectivity index (χ1) is 7.62. The van der Waals surface area contributed by atoms with Gasteiger partial charge in [0.1, 0.15) is 0 Å². The molecular formula is C13H24O2S. The molecule has 0 saturated heterocycles. The molecule has 1 atom stereocenters. The maximum absolute atomic E-state index is 11.2. The summed E-state index contributed by atoms with van der Waals surface area (Å²) in [6, 6.07) is 0. The molecule has 0 amide bonds. The van der Waals surface area contributed by atoms with Crippen molar-refractivity contribution in [3.63, 3.8) is 0 Å². The van der Waals surface area contributed by atoms with E-state index in [0.29, 0.717) is 11.8 Å². The minimum Gasteiger partial charge on any atom is -0.469 e. The maximum atomic E-state index is 11.2. The zero-order valence-electron chi connectivity index (χ0n) is 10.8. The maximum Gasteiger partial charge on any atom is 0.306 e. The second kappa shape index (κ2) is 6.53. The highest BCUT2D eigenvalue weighted by atomic mass is 32.2. The fourth-order valence-electron chi connectivity index (χ4n) is 1.98. The highest BCUT2D eigenvalue weighted by Gasteiger charge is 2.44. The highest BCUT2D eigenvalue weighted by molar-refractivity contribution is 7.99. The molecule has 2 nitrogen and oxygen atoms in total. The van der Waals surface area contributed by atoms with Crippen molar-refractivity contribution in [3.8, 4) is 0 Å². The van der Waals surface area contributed by atoms with E-state index in [-0.39, 0.29) is 5.97 Å². The molecule has 1 saturated carbocycles. The van der Waals surface area contributed by atoms with Crippen LogP contribution in [0.4, 0.5) is 0 Å². The number of carbonyl (C=O) groups excluding carboxylic acids is 1. The van der Waals surface area contributed by atoms with E-state index in [2.05, 4.69) is 13.8 Å². The summed E-state index contributed by atoms with van der Waals surface area (Å²) < 4.78 is 4.74. The Labute approximate surface area is 104 Å². The van der Waals surface area contributed by atoms with Gasteiger partial charge in [0.15, 0.2) is 0 Å². The van der Waals surface area contributed by atoms with Crippen molar-refractivity contribution in [3.05, 3.63) is 0 Å². The minimum absolute atomic E-state index is 0.0419. The van der Waals surface area contributed by atoms with Crippen LogP contribution in [0.1, 0.15) is 46.0 Å². The third-order valence-electron chi connectivity index (χ3n) is 3.30. The van der Waals surface area contributed by atoms with Crippen LogP contribution in [0.15, 0.2) is 0 Å². The van der Waals surface area contributed by atoms with Gasteiger partial charge in [0, 0.05) is 0 Å². The molecule has 1 rings (SSSR count). The molecule has 0 aromatic rings. The zero-order valence-corrected chi connectivity index (χ0v) is 11.6. The summed E-state index contributed by atoms with van der Waals surface area (Å²) in [6.45, 7) is 4.55. The number of ether oxygens (including phenoxy) is 1. The van der Waals surface area contributed by atoms with E-state index in [1.165, 1.54) is 38.5 Å². The smallest absolute Gasteiger partial charge is 0.306 e. The van der Waals surface area contributed by atoms with Crippen molar-refractivity contribution in [2.75, 3.05) is 18.6 Å². The quantitative estimate of drug-likeness (QED) is 0.611. The number of hydrogen-bond donors (Lipinski definition) is 0. The predicted octanol–water partition coefficient (Wildman–Crippen LogP) is 3.50. The van der Waals surface area contributed by atoms with Crippen molar-refractivity contribution in [2.24, 2.45) is 11.3 Å². The van der Waals surface area contributed by atoms with Gasteiger partial charge < -0.3 is 4.74 Å². The summed E-state index contributed by atoms with van der Waals surface area (Å²) in [5.74, 6) is 3.14. The number of carbonyl (C=O) groups is 1. The Bertz CT molecular complexity index is 224. The van der Waals surface area contributed by atoms with Crippen LogP contribution in [0.3, 0.4) is 0 Å². The average molecular weight is 244 g/mol. The molecule has 1 unspecified atom stereocenters. The Kier molecular flexibility index (Phi) is 5.67. The number of thioether (sulfide) groups is 1. The molecule has 0 radical (unpaired) electrons. The molecule has 0 bridgehead atoms. The van der Waals surface area contributed by atoms with Gasteiger partial charge in [-0.25, -0.2) is 0 Å². The lowest BCUT2D eigenvalue weighted by Gasteiger charge is -2.15. The Morgan fingerprint density at radius 2 is 2.19 bits per heavy atom. The number of methoxy groups -OCH3 is 1. The van der Waals surface area contributed by atoms with Gasteiger partial charge >= 0.3 is 5.97 Å². The first-order valence-electron chi connectivity index (χ1n) is 6.26. The zero-order chi connectivity index (χ0) is 12.0. The van der Waals surface area contributed by atoms with Gasteiger partial charge in [-0.05, 0) is 35.7 Å². The van der Waals surface area contributed by atoms with Gasteiger partial charge in [-0.3, -0.25) is 4.79 Å². The third kappa shape index (κ3) is 4.77. The van der Waals surface area contributed by atoms with Crippen molar-refractivity contribution in [2.45, 2.75) is 46.0 Å². The molecule has 1 fully saturated rings. The largest absolute Gasteiger partial charge is 0.469 e. The van der Waals surface area contributed by atoms with Gasteiger partial charge in [-0.15, -0.1) is 0 Å². The van der Waals surface area contributed by atoms with Crippen LogP contribution < -0.4 is 0 Å². The van der Waals surface area contributed by atoms with E-state index in [4.69, 9.17) is 4.74 Å². The summed E-state index contributed by atoms with van der Waals surface area (Å²) in [5.41, 5.74) is 0.295. The first-order valence-corrected chi connectivity index (χ1v) is 7.42. The Morgan fingerprint density at radius 3 is 2.69 bits per heavy atom. The average Bonchev–Trinajstić information content (AvgIpc) is 2.98. The first kappa shape index (κ1) is 13.9. The van der Waals surface area contributed by atoms with Crippen LogP contribution in [0.2, 0.25) is 0 Å². The summed E-state index contributed by atoms with van der Waals surface area (Å²) >= 11 is 2.02. The van der Waals surface area contributed by atoms with Gasteiger partial charge in [-0.2, -0.15) is 11.8 Å². The van der Waals surface area contributed by atoms with E-state index >= 15 is 0 Å². The van der Waals surface area contributed by atoms with Crippen molar-refractivity contribution < 1.29 is 9.53 Å². The van der Waals surface area contributed by atoms with Gasteiger partial charge in [0.05, 0.1) is 13.5 Å². The highest BCUT2D eigenvalue weighted by Crippen LogP contribution is 2.51. The summed E-state index contributed by atoms with van der Waals surface area (Å²) in [7, 11) is 1.48. The van der Waals surface area contributed by atoms with Crippen molar-refractivity contribution in [1.29, 1.82) is 0 Å². The lowest BCUT2D eigenvalue weighted by molar-refractivity contribution is -0.141. The second-order valence-corrected chi connectivity index (χ2v) is 6.19. The lowest BCUT2D eigenvalue weighted by atomic mass is 10.1. The molecule has 0 aromatic heterocycles. The van der Waals surface area contributed by atoms with Gasteiger partial charge in [0.25, 0.3) is 0 Å². The topological polar surface area (TPSA) is 26.3 Å². The van der Waals surface area contributed by atoms with E-state index in [1.54, 1.807) is 0 Å². The second-order valence-electron chi connectivity index (χ2n) is 5.16. The number of hydrogen-bond acceptors (Lipinski definition) is 3. The Hall–Kier alpha value is -0.180. The van der Waals surface area contributed by atoms with Gasteiger partial charge in [-0.1, -0.05) is 26.7 Å². The SMILES string of the molecule is CCCC(C)CSCC1(CC(=O)OC)CC1. The van der Waals surface area contributed by atoms with E-state index in [0.717, 1.165) is 11.7 Å². The van der Waals surface area contributed by atoms with E-state index in [1.807, 2.05) is 11.8 Å². The van der Waals surface area contributed by atoms with Crippen LogP contribution in [0.5, 0.6) is 0 Å². The van der Waals surface area contributed by atoms with E-state index in [9.17, 15) is 4.79 Å². The van der Waals surface area contributed by atoms with Crippen LogP contribution in [-0.2, 0) is 9.53 Å². The molecule has 0 aliphatic heterocycles. The summed E-state index contributed by atoms with van der Waals surface area (Å²) in [6.07, 6.45) is 5.62. The molecule has 0 N–H and O–H groups in total. The van der Waals surface area contributed by atoms with Gasteiger partial charge in [0.2, 0.25) is 0 Å². The summed E-state index contributed by atoms with van der Waals surface area (Å²) in [5, 5.41) is 0. The van der Waals surface area contributed by atoms with Crippen molar-refractivity contribution >= 4 is 17.7 Å². The minimum atomic E-state index is -0.0419. The number of esters is 1. The molecule has 3 heteroatoms. The molecule has 0 aromatic carbocycles. The molecule has 0 heterocycles. The molecule has 1 aliphatic carbocycles. The monoisotopic (exact) mass is 244 g/mol. The van der Waals surface area contributed by atoms with E-state index < -0.39 is 0 Å². The van der Waals surface area contributed by atoms with Crippen LogP contribution in [0.25, 0.3) is 0 Å². The van der Waals surface area contributed by atoms with Crippen LogP contribution in [0, 0.1) is 11.3 Å². The molecule has 1 aliphatic rings. The van der Waals surface area contributed by atoms with Crippen molar-refractivity contribution in [1.82, 2.24) is 0 Å². The molecule has 16 heavy (non-hydrogen) atoms. The fourth-order valence-corrected chi connectivity index (χ4v) is 3.49. The third-order valence-corrected chi connectivity index (χ3v) is 4.92. The predicted molar refractivity (Wildman–Crippen MR) is 69.7 cm³/mol. The lowest BCUT2D eigenvalue weighted by Crippen LogP contribution is -2.14. The fraction of sp³-hybridized carbons (Fsp3) is 0.923. The summed E-state index contributed by atoms with van der Waals surface area (Å²) in [4.78, 5) is 11.2. The molecular weight excluding hydrogens is 220 g/mol.